The normalized spacial score (nSPS) is 24.8. The molecule has 1 aliphatic rings. The van der Waals surface area contributed by atoms with Gasteiger partial charge in [-0.2, -0.15) is 4.80 Å². The van der Waals surface area contributed by atoms with Crippen molar-refractivity contribution in [1.29, 1.82) is 0 Å². The van der Waals surface area contributed by atoms with Crippen LogP contribution >= 0.6 is 0 Å². The van der Waals surface area contributed by atoms with Crippen LogP contribution in [0.4, 0.5) is 0 Å². The van der Waals surface area contributed by atoms with Gasteiger partial charge in [-0.3, -0.25) is 4.79 Å². The molecule has 2 N–H and O–H groups in total. The summed E-state index contributed by atoms with van der Waals surface area (Å²) < 4.78 is 0. The number of aromatic nitrogens is 4. The van der Waals surface area contributed by atoms with Crippen molar-refractivity contribution in [3.63, 3.8) is 0 Å². The summed E-state index contributed by atoms with van der Waals surface area (Å²) in [5, 5.41) is 11.6. The molecule has 1 aromatic heterocycles. The number of rotatable bonds is 4. The van der Waals surface area contributed by atoms with Crippen LogP contribution in [0.2, 0.25) is 0 Å². The summed E-state index contributed by atoms with van der Waals surface area (Å²) >= 11 is 0. The monoisotopic (exact) mass is 237 g/mol. The van der Waals surface area contributed by atoms with Crippen LogP contribution in [0.15, 0.2) is 0 Å². The van der Waals surface area contributed by atoms with E-state index in [1.54, 1.807) is 7.05 Å². The maximum atomic E-state index is 12.2. The first-order valence-electron chi connectivity index (χ1n) is 6.16. The Morgan fingerprint density at radius 3 is 2.88 bits per heavy atom. The molecule has 1 saturated carbocycles. The molecule has 2 unspecified atom stereocenters. The van der Waals surface area contributed by atoms with E-state index in [0.717, 1.165) is 19.3 Å². The van der Waals surface area contributed by atoms with Crippen LogP contribution in [-0.2, 0) is 18.3 Å². The van der Waals surface area contributed by atoms with Crippen LogP contribution in [0.25, 0.3) is 0 Å². The maximum absolute atomic E-state index is 12.2. The zero-order valence-electron chi connectivity index (χ0n) is 10.2. The predicted octanol–water partition coefficient (Wildman–Crippen LogP) is 0.0868. The number of hydrogen-bond acceptors (Lipinski definition) is 5. The Morgan fingerprint density at radius 1 is 1.47 bits per heavy atom. The summed E-state index contributed by atoms with van der Waals surface area (Å²) in [5.74, 6) is 1.16. The van der Waals surface area contributed by atoms with Gasteiger partial charge in [0.2, 0.25) is 0 Å². The third-order valence-electron chi connectivity index (χ3n) is 3.51. The van der Waals surface area contributed by atoms with E-state index in [-0.39, 0.29) is 18.1 Å². The SMILES string of the molecule is Cn1nnc(CC(=O)C2CCCCC2CN)n1. The molecule has 94 valence electrons. The van der Waals surface area contributed by atoms with Crippen molar-refractivity contribution >= 4 is 5.78 Å². The molecule has 0 saturated heterocycles. The third-order valence-corrected chi connectivity index (χ3v) is 3.51. The molecule has 1 aliphatic carbocycles. The Labute approximate surface area is 101 Å². The molecule has 1 aromatic rings. The van der Waals surface area contributed by atoms with Gasteiger partial charge in [-0.25, -0.2) is 0 Å². The van der Waals surface area contributed by atoms with Gasteiger partial charge >= 0.3 is 0 Å². The number of aryl methyl sites for hydroxylation is 1. The molecular weight excluding hydrogens is 218 g/mol. The average Bonchev–Trinajstić information content (AvgIpc) is 2.74. The Hall–Kier alpha value is -1.30. The van der Waals surface area contributed by atoms with Crippen LogP contribution in [0.5, 0.6) is 0 Å². The first kappa shape index (κ1) is 12.2. The molecule has 0 spiro atoms. The molecule has 6 nitrogen and oxygen atoms in total. The van der Waals surface area contributed by atoms with Gasteiger partial charge in [-0.15, -0.1) is 10.2 Å². The van der Waals surface area contributed by atoms with Gasteiger partial charge in [0.1, 0.15) is 5.78 Å². The minimum absolute atomic E-state index is 0.0950. The molecule has 17 heavy (non-hydrogen) atoms. The second kappa shape index (κ2) is 5.35. The number of carbonyl (C=O) groups excluding carboxylic acids is 1. The van der Waals surface area contributed by atoms with Crippen LogP contribution in [0.3, 0.4) is 0 Å². The predicted molar refractivity (Wildman–Crippen MR) is 62.0 cm³/mol. The Kier molecular flexibility index (Phi) is 3.83. The first-order chi connectivity index (χ1) is 8.20. The number of Topliss-reactive ketones (excluding diaryl/α,β-unsaturated/α-hetero) is 1. The topological polar surface area (TPSA) is 86.7 Å². The van der Waals surface area contributed by atoms with Gasteiger partial charge in [0, 0.05) is 5.92 Å². The van der Waals surface area contributed by atoms with Gasteiger partial charge in [-0.05, 0) is 30.5 Å². The van der Waals surface area contributed by atoms with Crippen molar-refractivity contribution in [3.05, 3.63) is 5.82 Å². The van der Waals surface area contributed by atoms with E-state index in [0.29, 0.717) is 18.3 Å². The van der Waals surface area contributed by atoms with Crippen LogP contribution < -0.4 is 5.73 Å². The van der Waals surface area contributed by atoms with Crippen LogP contribution in [0, 0.1) is 11.8 Å². The second-order valence-electron chi connectivity index (χ2n) is 4.72. The largest absolute Gasteiger partial charge is 0.330 e. The number of nitrogens with zero attached hydrogens (tertiary/aromatic N) is 4. The molecular formula is C11H19N5O. The highest BCUT2D eigenvalue weighted by Gasteiger charge is 2.30. The quantitative estimate of drug-likeness (QED) is 0.801. The maximum Gasteiger partial charge on any atom is 0.182 e. The smallest absolute Gasteiger partial charge is 0.182 e. The zero-order valence-corrected chi connectivity index (χ0v) is 10.2. The molecule has 0 aromatic carbocycles. The molecule has 1 heterocycles. The number of hydrogen-bond donors (Lipinski definition) is 1. The van der Waals surface area contributed by atoms with E-state index < -0.39 is 0 Å². The van der Waals surface area contributed by atoms with E-state index >= 15 is 0 Å². The summed E-state index contributed by atoms with van der Waals surface area (Å²) in [6.45, 7) is 0.601. The summed E-state index contributed by atoms with van der Waals surface area (Å²) in [6.07, 6.45) is 4.63. The molecule has 0 amide bonds. The standard InChI is InChI=1S/C11H19N5O/c1-16-14-11(13-15-16)6-10(17)9-5-3-2-4-8(9)7-12/h8-9H,2-7,12H2,1H3. The lowest BCUT2D eigenvalue weighted by molar-refractivity contribution is -0.124. The fourth-order valence-corrected chi connectivity index (χ4v) is 2.59. The number of tetrazole rings is 1. The van der Waals surface area contributed by atoms with Crippen molar-refractivity contribution in [1.82, 2.24) is 20.2 Å². The van der Waals surface area contributed by atoms with E-state index in [4.69, 9.17) is 5.73 Å². The highest BCUT2D eigenvalue weighted by atomic mass is 16.1. The summed E-state index contributed by atoms with van der Waals surface area (Å²) in [7, 11) is 1.70. The van der Waals surface area contributed by atoms with E-state index in [1.165, 1.54) is 11.2 Å². The van der Waals surface area contributed by atoms with Crippen LogP contribution in [0.1, 0.15) is 31.5 Å². The number of nitrogens with two attached hydrogens (primary N) is 1. The van der Waals surface area contributed by atoms with Gasteiger partial charge in [0.15, 0.2) is 5.82 Å². The van der Waals surface area contributed by atoms with Crippen molar-refractivity contribution < 1.29 is 4.79 Å². The molecule has 2 atom stereocenters. The Balaban J connectivity index is 1.98. The van der Waals surface area contributed by atoms with E-state index in [9.17, 15) is 4.79 Å². The third kappa shape index (κ3) is 2.88. The molecule has 0 bridgehead atoms. The lowest BCUT2D eigenvalue weighted by atomic mass is 9.76. The van der Waals surface area contributed by atoms with Gasteiger partial charge in [0.05, 0.1) is 13.5 Å². The van der Waals surface area contributed by atoms with Crippen molar-refractivity contribution in [3.8, 4) is 0 Å². The summed E-state index contributed by atoms with van der Waals surface area (Å²) in [6, 6.07) is 0. The summed E-state index contributed by atoms with van der Waals surface area (Å²) in [5.41, 5.74) is 5.73. The van der Waals surface area contributed by atoms with Crippen molar-refractivity contribution in [2.45, 2.75) is 32.1 Å². The highest BCUT2D eigenvalue weighted by Crippen LogP contribution is 2.30. The van der Waals surface area contributed by atoms with Gasteiger partial charge in [-0.1, -0.05) is 12.8 Å². The number of carbonyl (C=O) groups is 1. The summed E-state index contributed by atoms with van der Waals surface area (Å²) in [4.78, 5) is 13.6. The fourth-order valence-electron chi connectivity index (χ4n) is 2.59. The molecule has 0 aliphatic heterocycles. The average molecular weight is 237 g/mol. The molecule has 2 rings (SSSR count). The van der Waals surface area contributed by atoms with Crippen molar-refractivity contribution in [2.75, 3.05) is 6.54 Å². The lowest BCUT2D eigenvalue weighted by Gasteiger charge is -2.29. The van der Waals surface area contributed by atoms with Crippen molar-refractivity contribution in [2.24, 2.45) is 24.6 Å². The van der Waals surface area contributed by atoms with Gasteiger partial charge in [0.25, 0.3) is 0 Å². The highest BCUT2D eigenvalue weighted by molar-refractivity contribution is 5.82. The minimum Gasteiger partial charge on any atom is -0.330 e. The number of ketones is 1. The zero-order chi connectivity index (χ0) is 12.3. The Bertz CT molecular complexity index is 389. The van der Waals surface area contributed by atoms with E-state index in [2.05, 4.69) is 15.4 Å². The fraction of sp³-hybridized carbons (Fsp3) is 0.818. The lowest BCUT2D eigenvalue weighted by Crippen LogP contribution is -2.33. The molecule has 1 fully saturated rings. The molecule has 0 radical (unpaired) electrons. The first-order valence-corrected chi connectivity index (χ1v) is 6.16. The Morgan fingerprint density at radius 2 is 2.24 bits per heavy atom. The minimum atomic E-state index is 0.0950. The van der Waals surface area contributed by atoms with E-state index in [1.807, 2.05) is 0 Å². The molecule has 6 heteroatoms. The second-order valence-corrected chi connectivity index (χ2v) is 4.72. The van der Waals surface area contributed by atoms with Gasteiger partial charge < -0.3 is 5.73 Å². The van der Waals surface area contributed by atoms with Crippen LogP contribution in [-0.4, -0.2) is 32.5 Å².